The Balaban J connectivity index is 2.32. The van der Waals surface area contributed by atoms with Crippen molar-refractivity contribution in [1.29, 1.82) is 0 Å². The molecule has 2 aromatic carbocycles. The van der Waals surface area contributed by atoms with Gasteiger partial charge in [-0.1, -0.05) is 12.1 Å². The summed E-state index contributed by atoms with van der Waals surface area (Å²) in [7, 11) is -1.87. The highest BCUT2D eigenvalue weighted by Crippen LogP contribution is 2.19. The van der Waals surface area contributed by atoms with Gasteiger partial charge in [-0.05, 0) is 42.8 Å². The molecule has 0 atom stereocenters. The fourth-order valence-electron chi connectivity index (χ4n) is 2.10. The molecule has 0 aliphatic rings. The van der Waals surface area contributed by atoms with Crippen LogP contribution >= 0.6 is 0 Å². The van der Waals surface area contributed by atoms with E-state index in [1.165, 1.54) is 31.3 Å². The predicted octanol–water partition coefficient (Wildman–Crippen LogP) is 2.01. The Morgan fingerprint density at radius 3 is 2.25 bits per heavy atom. The van der Waals surface area contributed by atoms with Crippen LogP contribution in [0.15, 0.2) is 47.4 Å². The molecule has 0 saturated carbocycles. The van der Waals surface area contributed by atoms with Crippen LogP contribution in [0.2, 0.25) is 0 Å². The molecule has 2 amide bonds. The minimum absolute atomic E-state index is 0.0750. The lowest BCUT2D eigenvalue weighted by Crippen LogP contribution is -2.19. The number of anilines is 1. The second-order valence-electron chi connectivity index (χ2n) is 5.36. The van der Waals surface area contributed by atoms with Crippen LogP contribution in [0.5, 0.6) is 0 Å². The Morgan fingerprint density at radius 2 is 1.62 bits per heavy atom. The zero-order chi connectivity index (χ0) is 17.9. The van der Waals surface area contributed by atoms with E-state index in [1.807, 2.05) is 0 Å². The maximum Gasteiger partial charge on any atom is 0.255 e. The fourth-order valence-corrected chi connectivity index (χ4v) is 2.77. The van der Waals surface area contributed by atoms with Crippen molar-refractivity contribution < 1.29 is 18.0 Å². The molecule has 0 aromatic heterocycles. The smallest absolute Gasteiger partial charge is 0.255 e. The number of aryl methyl sites for hydroxylation is 1. The van der Waals surface area contributed by atoms with Gasteiger partial charge in [0.05, 0.1) is 4.90 Å². The molecule has 2 aromatic rings. The van der Waals surface area contributed by atoms with Crippen molar-refractivity contribution >= 4 is 27.3 Å². The lowest BCUT2D eigenvalue weighted by atomic mass is 10.1. The number of carbonyl (C=O) groups is 2. The largest absolute Gasteiger partial charge is 0.355 e. The summed E-state index contributed by atoms with van der Waals surface area (Å²) >= 11 is 0. The average molecular weight is 346 g/mol. The van der Waals surface area contributed by atoms with Gasteiger partial charge in [0.15, 0.2) is 9.84 Å². The Bertz CT molecular complexity index is 905. The van der Waals surface area contributed by atoms with E-state index in [-0.39, 0.29) is 16.4 Å². The van der Waals surface area contributed by atoms with Gasteiger partial charge in [-0.3, -0.25) is 9.59 Å². The number of nitrogens with one attached hydrogen (secondary N) is 2. The molecule has 2 rings (SSSR count). The van der Waals surface area contributed by atoms with E-state index >= 15 is 0 Å². The minimum atomic E-state index is -3.39. The van der Waals surface area contributed by atoms with E-state index in [0.717, 1.165) is 11.8 Å². The SMILES string of the molecule is CNC(=O)c1ccc(C)c(NC(=O)c2cccc(S(C)(=O)=O)c2)c1. The van der Waals surface area contributed by atoms with Crippen molar-refractivity contribution in [2.45, 2.75) is 11.8 Å². The minimum Gasteiger partial charge on any atom is -0.355 e. The molecule has 0 unspecified atom stereocenters. The van der Waals surface area contributed by atoms with Crippen molar-refractivity contribution in [2.24, 2.45) is 0 Å². The summed E-state index contributed by atoms with van der Waals surface area (Å²) in [6.45, 7) is 1.80. The van der Waals surface area contributed by atoms with Crippen molar-refractivity contribution in [3.63, 3.8) is 0 Å². The first-order chi connectivity index (χ1) is 11.2. The van der Waals surface area contributed by atoms with Crippen LogP contribution in [0.1, 0.15) is 26.3 Å². The third-order valence-corrected chi connectivity index (χ3v) is 4.61. The zero-order valence-corrected chi connectivity index (χ0v) is 14.4. The van der Waals surface area contributed by atoms with Gasteiger partial charge in [-0.25, -0.2) is 8.42 Å². The molecule has 0 heterocycles. The second kappa shape index (κ2) is 6.84. The molecule has 6 nitrogen and oxygen atoms in total. The first-order valence-electron chi connectivity index (χ1n) is 7.16. The highest BCUT2D eigenvalue weighted by molar-refractivity contribution is 7.90. The van der Waals surface area contributed by atoms with Crippen LogP contribution in [0.4, 0.5) is 5.69 Å². The Kier molecular flexibility index (Phi) is 5.04. The molecule has 2 N–H and O–H groups in total. The fraction of sp³-hybridized carbons (Fsp3) is 0.176. The Hall–Kier alpha value is -2.67. The number of benzene rings is 2. The lowest BCUT2D eigenvalue weighted by Gasteiger charge is -2.11. The van der Waals surface area contributed by atoms with Crippen molar-refractivity contribution in [2.75, 3.05) is 18.6 Å². The molecule has 126 valence electrons. The van der Waals surface area contributed by atoms with E-state index < -0.39 is 15.7 Å². The lowest BCUT2D eigenvalue weighted by molar-refractivity contribution is 0.0961. The molecule has 0 fully saturated rings. The van der Waals surface area contributed by atoms with Crippen LogP contribution in [-0.4, -0.2) is 33.5 Å². The van der Waals surface area contributed by atoms with Gasteiger partial charge >= 0.3 is 0 Å². The number of hydrogen-bond donors (Lipinski definition) is 2. The van der Waals surface area contributed by atoms with E-state index in [4.69, 9.17) is 0 Å². The highest BCUT2D eigenvalue weighted by Gasteiger charge is 2.13. The number of hydrogen-bond acceptors (Lipinski definition) is 4. The van der Waals surface area contributed by atoms with Gasteiger partial charge in [-0.15, -0.1) is 0 Å². The van der Waals surface area contributed by atoms with Gasteiger partial charge in [0.2, 0.25) is 0 Å². The molecular weight excluding hydrogens is 328 g/mol. The van der Waals surface area contributed by atoms with Crippen LogP contribution < -0.4 is 10.6 Å². The molecule has 0 aliphatic heterocycles. The molecular formula is C17H18N2O4S. The zero-order valence-electron chi connectivity index (χ0n) is 13.6. The summed E-state index contributed by atoms with van der Waals surface area (Å²) in [6, 6.07) is 10.8. The van der Waals surface area contributed by atoms with Crippen molar-refractivity contribution in [3.05, 3.63) is 59.2 Å². The van der Waals surface area contributed by atoms with Gasteiger partial charge in [-0.2, -0.15) is 0 Å². The number of amides is 2. The van der Waals surface area contributed by atoms with E-state index in [9.17, 15) is 18.0 Å². The van der Waals surface area contributed by atoms with E-state index in [1.54, 1.807) is 25.1 Å². The van der Waals surface area contributed by atoms with E-state index in [2.05, 4.69) is 10.6 Å². The summed E-state index contributed by atoms with van der Waals surface area (Å²) in [4.78, 5) is 24.2. The molecule has 0 saturated heterocycles. The summed E-state index contributed by atoms with van der Waals surface area (Å²) in [6.07, 6.45) is 1.08. The third kappa shape index (κ3) is 3.99. The van der Waals surface area contributed by atoms with Gasteiger partial charge < -0.3 is 10.6 Å². The Labute approximate surface area is 140 Å². The van der Waals surface area contributed by atoms with Gasteiger partial charge in [0.1, 0.15) is 0 Å². The second-order valence-corrected chi connectivity index (χ2v) is 7.38. The topological polar surface area (TPSA) is 92.3 Å². The average Bonchev–Trinajstić information content (AvgIpc) is 2.55. The quantitative estimate of drug-likeness (QED) is 0.886. The molecule has 0 bridgehead atoms. The predicted molar refractivity (Wildman–Crippen MR) is 92.1 cm³/mol. The Morgan fingerprint density at radius 1 is 0.958 bits per heavy atom. The van der Waals surface area contributed by atoms with Crippen LogP contribution in [0.25, 0.3) is 0 Å². The molecule has 0 radical (unpaired) electrons. The van der Waals surface area contributed by atoms with Crippen LogP contribution in [0, 0.1) is 6.92 Å². The number of carbonyl (C=O) groups excluding carboxylic acids is 2. The van der Waals surface area contributed by atoms with Crippen LogP contribution in [-0.2, 0) is 9.84 Å². The first-order valence-corrected chi connectivity index (χ1v) is 9.05. The number of rotatable bonds is 4. The molecule has 0 aliphatic carbocycles. The third-order valence-electron chi connectivity index (χ3n) is 3.50. The normalized spacial score (nSPS) is 11.0. The molecule has 7 heteroatoms. The molecule has 0 spiro atoms. The molecule has 24 heavy (non-hydrogen) atoms. The van der Waals surface area contributed by atoms with Crippen LogP contribution in [0.3, 0.4) is 0 Å². The van der Waals surface area contributed by atoms with Gasteiger partial charge in [0.25, 0.3) is 11.8 Å². The van der Waals surface area contributed by atoms with Gasteiger partial charge in [0, 0.05) is 30.1 Å². The summed E-state index contributed by atoms with van der Waals surface area (Å²) in [5, 5.41) is 5.23. The first kappa shape index (κ1) is 17.7. The standard InChI is InChI=1S/C17H18N2O4S/c1-11-7-8-13(16(20)18-2)10-15(11)19-17(21)12-5-4-6-14(9-12)24(3,22)23/h4-10H,1-3H3,(H,18,20)(H,19,21). The maximum atomic E-state index is 12.4. The maximum absolute atomic E-state index is 12.4. The number of sulfone groups is 1. The monoisotopic (exact) mass is 346 g/mol. The summed E-state index contributed by atoms with van der Waals surface area (Å²) in [5.41, 5.74) is 1.92. The highest BCUT2D eigenvalue weighted by atomic mass is 32.2. The summed E-state index contributed by atoms with van der Waals surface area (Å²) in [5.74, 6) is -0.706. The van der Waals surface area contributed by atoms with Crippen molar-refractivity contribution in [1.82, 2.24) is 5.32 Å². The van der Waals surface area contributed by atoms with E-state index in [0.29, 0.717) is 11.3 Å². The van der Waals surface area contributed by atoms with Crippen molar-refractivity contribution in [3.8, 4) is 0 Å². The summed E-state index contributed by atoms with van der Waals surface area (Å²) < 4.78 is 23.2.